The monoisotopic (exact) mass is 372 g/mol. The molecule has 130 valence electrons. The first-order valence-corrected chi connectivity index (χ1v) is 10.4. The first-order valence-electron chi connectivity index (χ1n) is 8.63. The van der Waals surface area contributed by atoms with E-state index in [0.717, 1.165) is 53.4 Å². The molecule has 1 amide bonds. The molecule has 4 rings (SSSR count). The first kappa shape index (κ1) is 16.5. The Morgan fingerprint density at radius 1 is 1.20 bits per heavy atom. The maximum atomic E-state index is 12.9. The molecule has 0 spiro atoms. The van der Waals surface area contributed by atoms with Crippen molar-refractivity contribution < 1.29 is 9.32 Å². The van der Waals surface area contributed by atoms with E-state index in [9.17, 15) is 4.79 Å². The third kappa shape index (κ3) is 3.70. The van der Waals surface area contributed by atoms with E-state index in [0.29, 0.717) is 6.42 Å². The number of carbonyl (C=O) groups is 1. The van der Waals surface area contributed by atoms with Crippen molar-refractivity contribution in [1.82, 2.24) is 10.1 Å². The van der Waals surface area contributed by atoms with Gasteiger partial charge in [-0.15, -0.1) is 22.7 Å². The van der Waals surface area contributed by atoms with Crippen molar-refractivity contribution in [2.75, 3.05) is 6.54 Å². The van der Waals surface area contributed by atoms with E-state index in [4.69, 9.17) is 4.52 Å². The van der Waals surface area contributed by atoms with Gasteiger partial charge in [-0.05, 0) is 35.7 Å². The number of nitrogens with zero attached hydrogens (tertiary/aromatic N) is 2. The van der Waals surface area contributed by atoms with Gasteiger partial charge in [0.05, 0.1) is 17.3 Å². The molecule has 1 aliphatic rings. The van der Waals surface area contributed by atoms with Crippen LogP contribution in [0.4, 0.5) is 0 Å². The second-order valence-electron chi connectivity index (χ2n) is 6.30. The molecule has 0 N–H and O–H groups in total. The Bertz CT molecular complexity index is 808. The van der Waals surface area contributed by atoms with Gasteiger partial charge in [0.1, 0.15) is 5.69 Å². The lowest BCUT2D eigenvalue weighted by Gasteiger charge is -2.28. The number of hydrogen-bond acceptors (Lipinski definition) is 5. The number of thiophene rings is 2. The van der Waals surface area contributed by atoms with Gasteiger partial charge in [0.25, 0.3) is 0 Å². The molecule has 0 aliphatic carbocycles. The Balaban J connectivity index is 1.57. The van der Waals surface area contributed by atoms with Gasteiger partial charge in [-0.3, -0.25) is 4.79 Å². The highest BCUT2D eigenvalue weighted by Crippen LogP contribution is 2.33. The summed E-state index contributed by atoms with van der Waals surface area (Å²) in [7, 11) is 0. The van der Waals surface area contributed by atoms with Crippen molar-refractivity contribution >= 4 is 28.6 Å². The van der Waals surface area contributed by atoms with Gasteiger partial charge in [-0.25, -0.2) is 0 Å². The highest BCUT2D eigenvalue weighted by molar-refractivity contribution is 7.13. The summed E-state index contributed by atoms with van der Waals surface area (Å²) in [6.07, 6.45) is 4.77. The van der Waals surface area contributed by atoms with E-state index < -0.39 is 0 Å². The normalized spacial score (nSPS) is 18.2. The van der Waals surface area contributed by atoms with Crippen molar-refractivity contribution in [2.45, 2.75) is 38.1 Å². The SMILES string of the molecule is O=C(Cc1cccs1)N1CCCCC[C@@H]1c1cc(-c2cccs2)on1. The van der Waals surface area contributed by atoms with E-state index in [2.05, 4.69) is 5.16 Å². The average molecular weight is 373 g/mol. The van der Waals surface area contributed by atoms with E-state index in [1.807, 2.05) is 46.0 Å². The summed E-state index contributed by atoms with van der Waals surface area (Å²) in [5, 5.41) is 8.36. The fourth-order valence-corrected chi connectivity index (χ4v) is 4.73. The van der Waals surface area contributed by atoms with Gasteiger partial charge in [-0.1, -0.05) is 30.1 Å². The summed E-state index contributed by atoms with van der Waals surface area (Å²) in [4.78, 5) is 17.1. The fourth-order valence-electron chi connectivity index (χ4n) is 3.36. The number of carbonyl (C=O) groups excluding carboxylic acids is 1. The molecule has 6 heteroatoms. The zero-order chi connectivity index (χ0) is 17.1. The van der Waals surface area contributed by atoms with Crippen molar-refractivity contribution in [1.29, 1.82) is 0 Å². The quantitative estimate of drug-likeness (QED) is 0.636. The van der Waals surface area contributed by atoms with Crippen molar-refractivity contribution in [3.05, 3.63) is 51.7 Å². The molecule has 0 aromatic carbocycles. The van der Waals surface area contributed by atoms with E-state index >= 15 is 0 Å². The van der Waals surface area contributed by atoms with Crippen LogP contribution in [0.15, 0.2) is 45.6 Å². The molecular formula is C19H20N2O2S2. The van der Waals surface area contributed by atoms with Gasteiger partial charge in [0, 0.05) is 17.5 Å². The predicted molar refractivity (Wildman–Crippen MR) is 101 cm³/mol. The molecule has 25 heavy (non-hydrogen) atoms. The van der Waals surface area contributed by atoms with E-state index in [1.54, 1.807) is 22.7 Å². The molecule has 4 nitrogen and oxygen atoms in total. The molecule has 4 heterocycles. The second kappa shape index (κ2) is 7.54. The van der Waals surface area contributed by atoms with Crippen LogP contribution >= 0.6 is 22.7 Å². The maximum Gasteiger partial charge on any atom is 0.228 e. The molecule has 0 bridgehead atoms. The molecule has 1 atom stereocenters. The average Bonchev–Trinajstić information content (AvgIpc) is 3.35. The summed E-state index contributed by atoms with van der Waals surface area (Å²) in [5.41, 5.74) is 0.879. The van der Waals surface area contributed by atoms with Crippen LogP contribution in [-0.4, -0.2) is 22.5 Å². The Kier molecular flexibility index (Phi) is 4.99. The Morgan fingerprint density at radius 3 is 2.88 bits per heavy atom. The van der Waals surface area contributed by atoms with Gasteiger partial charge < -0.3 is 9.42 Å². The minimum atomic E-state index is 0.0208. The highest BCUT2D eigenvalue weighted by atomic mass is 32.1. The summed E-state index contributed by atoms with van der Waals surface area (Å²) in [5.74, 6) is 0.981. The molecule has 1 saturated heterocycles. The minimum Gasteiger partial charge on any atom is -0.355 e. The highest BCUT2D eigenvalue weighted by Gasteiger charge is 2.29. The molecule has 3 aromatic rings. The molecular weight excluding hydrogens is 352 g/mol. The largest absolute Gasteiger partial charge is 0.355 e. The van der Waals surface area contributed by atoms with Crippen LogP contribution in [-0.2, 0) is 11.2 Å². The maximum absolute atomic E-state index is 12.9. The minimum absolute atomic E-state index is 0.0208. The fraction of sp³-hybridized carbons (Fsp3) is 0.368. The number of rotatable bonds is 4. The van der Waals surface area contributed by atoms with Crippen LogP contribution in [0.1, 0.15) is 42.3 Å². The van der Waals surface area contributed by atoms with Crippen LogP contribution in [0.5, 0.6) is 0 Å². The van der Waals surface area contributed by atoms with Crippen molar-refractivity contribution in [3.8, 4) is 10.6 Å². The summed E-state index contributed by atoms with van der Waals surface area (Å²) < 4.78 is 5.56. The van der Waals surface area contributed by atoms with Gasteiger partial charge >= 0.3 is 0 Å². The number of amides is 1. The Morgan fingerprint density at radius 2 is 2.08 bits per heavy atom. The van der Waals surface area contributed by atoms with Crippen LogP contribution in [0.3, 0.4) is 0 Å². The smallest absolute Gasteiger partial charge is 0.228 e. The van der Waals surface area contributed by atoms with E-state index in [-0.39, 0.29) is 11.9 Å². The van der Waals surface area contributed by atoms with Gasteiger partial charge in [-0.2, -0.15) is 0 Å². The molecule has 1 aliphatic heterocycles. The third-order valence-electron chi connectivity index (χ3n) is 4.61. The second-order valence-corrected chi connectivity index (χ2v) is 8.28. The standard InChI is InChI=1S/C19H20N2O2S2/c22-19(12-14-6-4-10-24-14)21-9-3-1-2-7-16(21)15-13-17(23-20-15)18-8-5-11-25-18/h4-6,8,10-11,13,16H,1-3,7,9,12H2/t16-/m1/s1. The lowest BCUT2D eigenvalue weighted by molar-refractivity contribution is -0.133. The topological polar surface area (TPSA) is 46.3 Å². The lowest BCUT2D eigenvalue weighted by Crippen LogP contribution is -2.35. The molecule has 0 radical (unpaired) electrons. The van der Waals surface area contributed by atoms with Gasteiger partial charge in [0.15, 0.2) is 5.76 Å². The number of aromatic nitrogens is 1. The summed E-state index contributed by atoms with van der Waals surface area (Å²) in [6.45, 7) is 0.802. The van der Waals surface area contributed by atoms with Crippen molar-refractivity contribution in [2.24, 2.45) is 0 Å². The molecule has 3 aromatic heterocycles. The number of likely N-dealkylation sites (tertiary alicyclic amines) is 1. The third-order valence-corrected chi connectivity index (χ3v) is 6.37. The molecule has 1 fully saturated rings. The van der Waals surface area contributed by atoms with Crippen LogP contribution in [0.2, 0.25) is 0 Å². The van der Waals surface area contributed by atoms with Crippen LogP contribution < -0.4 is 0 Å². The lowest BCUT2D eigenvalue weighted by atomic mass is 10.1. The van der Waals surface area contributed by atoms with Crippen molar-refractivity contribution in [3.63, 3.8) is 0 Å². The van der Waals surface area contributed by atoms with E-state index in [1.165, 1.54) is 0 Å². The van der Waals surface area contributed by atoms with Crippen LogP contribution in [0, 0.1) is 0 Å². The predicted octanol–water partition coefficient (Wildman–Crippen LogP) is 5.15. The van der Waals surface area contributed by atoms with Crippen LogP contribution in [0.25, 0.3) is 10.6 Å². The Hall–Kier alpha value is -1.92. The first-order chi connectivity index (χ1) is 12.3. The zero-order valence-corrected chi connectivity index (χ0v) is 15.5. The zero-order valence-electron chi connectivity index (χ0n) is 13.9. The van der Waals surface area contributed by atoms with Gasteiger partial charge in [0.2, 0.25) is 5.91 Å². The molecule has 0 unspecified atom stereocenters. The number of hydrogen-bond donors (Lipinski definition) is 0. The summed E-state index contributed by atoms with van der Waals surface area (Å²) >= 11 is 3.28. The molecule has 0 saturated carbocycles. The summed E-state index contributed by atoms with van der Waals surface area (Å²) in [6, 6.07) is 10.1. The Labute approximate surface area is 155 Å².